The van der Waals surface area contributed by atoms with Crippen molar-refractivity contribution in [1.82, 2.24) is 5.32 Å². The molecule has 0 fully saturated rings. The van der Waals surface area contributed by atoms with Crippen molar-refractivity contribution in [1.29, 1.82) is 0 Å². The molecule has 0 saturated heterocycles. The first kappa shape index (κ1) is 11.1. The molecule has 0 aliphatic carbocycles. The summed E-state index contributed by atoms with van der Waals surface area (Å²) in [5, 5.41) is 2.58. The maximum Gasteiger partial charge on any atom is 0.217 e. The predicted molar refractivity (Wildman–Crippen MR) is 47.7 cm³/mol. The van der Waals surface area contributed by atoms with Crippen molar-refractivity contribution in [3.8, 4) is 0 Å². The fourth-order valence-corrected chi connectivity index (χ4v) is 1.05. The molecule has 0 aliphatic heterocycles. The molecule has 0 saturated carbocycles. The molecule has 0 spiro atoms. The van der Waals surface area contributed by atoms with Crippen LogP contribution in [-0.4, -0.2) is 18.2 Å². The first-order valence-corrected chi connectivity index (χ1v) is 4.07. The van der Waals surface area contributed by atoms with E-state index in [1.807, 2.05) is 20.8 Å². The molecule has 0 aromatic heterocycles. The number of nitrogens with one attached hydrogen (secondary N) is 1. The summed E-state index contributed by atoms with van der Waals surface area (Å²) in [5.41, 5.74) is 0.0635. The maximum atomic E-state index is 10.6. The van der Waals surface area contributed by atoms with Gasteiger partial charge < -0.3 is 10.1 Å². The normalized spacial score (nSPS) is 13.7. The van der Waals surface area contributed by atoms with Gasteiger partial charge in [-0.05, 0) is 11.8 Å². The van der Waals surface area contributed by atoms with Crippen molar-refractivity contribution in [3.05, 3.63) is 0 Å². The van der Waals surface area contributed by atoms with E-state index in [1.54, 1.807) is 0 Å². The lowest BCUT2D eigenvalue weighted by Crippen LogP contribution is -2.37. The third-order valence-electron chi connectivity index (χ3n) is 1.39. The lowest BCUT2D eigenvalue weighted by molar-refractivity contribution is -0.122. The van der Waals surface area contributed by atoms with Gasteiger partial charge in [0.1, 0.15) is 6.29 Å². The van der Waals surface area contributed by atoms with Gasteiger partial charge in [-0.3, -0.25) is 4.79 Å². The Morgan fingerprint density at radius 2 is 2.00 bits per heavy atom. The molecule has 0 aromatic carbocycles. The molecular weight excluding hydrogens is 154 g/mol. The third-order valence-corrected chi connectivity index (χ3v) is 1.39. The van der Waals surface area contributed by atoms with Crippen LogP contribution in [0, 0.1) is 5.41 Å². The second-order valence-corrected chi connectivity index (χ2v) is 4.21. The highest BCUT2D eigenvalue weighted by Gasteiger charge is 2.18. The van der Waals surface area contributed by atoms with Gasteiger partial charge in [0.2, 0.25) is 5.91 Å². The summed E-state index contributed by atoms with van der Waals surface area (Å²) in [6.45, 7) is 7.51. The smallest absolute Gasteiger partial charge is 0.217 e. The Labute approximate surface area is 73.5 Å². The van der Waals surface area contributed by atoms with Crippen LogP contribution in [0.15, 0.2) is 0 Å². The van der Waals surface area contributed by atoms with Crippen molar-refractivity contribution < 1.29 is 9.59 Å². The van der Waals surface area contributed by atoms with Crippen molar-refractivity contribution in [2.45, 2.75) is 40.2 Å². The van der Waals surface area contributed by atoms with Gasteiger partial charge in [-0.25, -0.2) is 0 Å². The first-order valence-electron chi connectivity index (χ1n) is 4.07. The third kappa shape index (κ3) is 5.89. The minimum Gasteiger partial charge on any atom is -0.347 e. The molecule has 0 aliphatic rings. The molecule has 0 radical (unpaired) electrons. The Balaban J connectivity index is 4.00. The largest absolute Gasteiger partial charge is 0.347 e. The second kappa shape index (κ2) is 4.24. The van der Waals surface area contributed by atoms with Gasteiger partial charge in [0.15, 0.2) is 0 Å². The molecule has 70 valence electrons. The molecule has 1 unspecified atom stereocenters. The van der Waals surface area contributed by atoms with Crippen LogP contribution < -0.4 is 5.32 Å². The molecular formula is C9H17NO2. The summed E-state index contributed by atoms with van der Waals surface area (Å²) in [6, 6.07) is -0.345. The highest BCUT2D eigenvalue weighted by Crippen LogP contribution is 2.19. The minimum atomic E-state index is -0.345. The van der Waals surface area contributed by atoms with Crippen LogP contribution in [0.3, 0.4) is 0 Å². The average molecular weight is 171 g/mol. The first-order chi connectivity index (χ1) is 5.35. The summed E-state index contributed by atoms with van der Waals surface area (Å²) in [5.74, 6) is -0.156. The van der Waals surface area contributed by atoms with Gasteiger partial charge in [0.05, 0.1) is 6.04 Å². The van der Waals surface area contributed by atoms with Crippen LogP contribution in [0.5, 0.6) is 0 Å². The van der Waals surface area contributed by atoms with E-state index in [2.05, 4.69) is 5.32 Å². The SMILES string of the molecule is CC(=O)NC(C=O)CC(C)(C)C. The number of rotatable bonds is 3. The van der Waals surface area contributed by atoms with Crippen molar-refractivity contribution in [2.24, 2.45) is 5.41 Å². The zero-order chi connectivity index (χ0) is 9.78. The highest BCUT2D eigenvalue weighted by molar-refractivity contribution is 5.77. The van der Waals surface area contributed by atoms with E-state index in [-0.39, 0.29) is 17.4 Å². The van der Waals surface area contributed by atoms with Gasteiger partial charge in [0, 0.05) is 6.92 Å². The number of carbonyl (C=O) groups excluding carboxylic acids is 2. The van der Waals surface area contributed by atoms with Gasteiger partial charge in [-0.15, -0.1) is 0 Å². The molecule has 0 aromatic rings. The van der Waals surface area contributed by atoms with Gasteiger partial charge in [-0.2, -0.15) is 0 Å². The van der Waals surface area contributed by atoms with Crippen molar-refractivity contribution in [3.63, 3.8) is 0 Å². The topological polar surface area (TPSA) is 46.2 Å². The second-order valence-electron chi connectivity index (χ2n) is 4.21. The molecule has 3 heteroatoms. The van der Waals surface area contributed by atoms with Crippen LogP contribution >= 0.6 is 0 Å². The lowest BCUT2D eigenvalue weighted by Gasteiger charge is -2.22. The number of amides is 1. The van der Waals surface area contributed by atoms with Crippen LogP contribution in [0.4, 0.5) is 0 Å². The fourth-order valence-electron chi connectivity index (χ4n) is 1.05. The predicted octanol–water partition coefficient (Wildman–Crippen LogP) is 1.13. The lowest BCUT2D eigenvalue weighted by atomic mass is 9.88. The molecule has 0 rings (SSSR count). The van der Waals surface area contributed by atoms with Crippen molar-refractivity contribution >= 4 is 12.2 Å². The summed E-state index contributed by atoms with van der Waals surface area (Å²) >= 11 is 0. The van der Waals surface area contributed by atoms with Crippen LogP contribution in [0.25, 0.3) is 0 Å². The summed E-state index contributed by atoms with van der Waals surface area (Å²) in [7, 11) is 0. The van der Waals surface area contributed by atoms with E-state index in [1.165, 1.54) is 6.92 Å². The Morgan fingerprint density at radius 3 is 2.25 bits per heavy atom. The maximum absolute atomic E-state index is 10.6. The quantitative estimate of drug-likeness (QED) is 0.647. The monoisotopic (exact) mass is 171 g/mol. The van der Waals surface area contributed by atoms with E-state index in [0.29, 0.717) is 6.42 Å². The summed E-state index contributed by atoms with van der Waals surface area (Å²) in [4.78, 5) is 21.1. The number of hydrogen-bond acceptors (Lipinski definition) is 2. The molecule has 12 heavy (non-hydrogen) atoms. The zero-order valence-electron chi connectivity index (χ0n) is 8.18. The molecule has 0 heterocycles. The fraction of sp³-hybridized carbons (Fsp3) is 0.778. The average Bonchev–Trinajstić information content (AvgIpc) is 1.82. The molecule has 1 amide bonds. The van der Waals surface area contributed by atoms with Gasteiger partial charge in [0.25, 0.3) is 0 Å². The van der Waals surface area contributed by atoms with E-state index in [9.17, 15) is 9.59 Å². The summed E-state index contributed by atoms with van der Waals surface area (Å²) in [6.07, 6.45) is 1.46. The van der Waals surface area contributed by atoms with Crippen molar-refractivity contribution in [2.75, 3.05) is 0 Å². The highest BCUT2D eigenvalue weighted by atomic mass is 16.2. The van der Waals surface area contributed by atoms with Crippen LogP contribution in [-0.2, 0) is 9.59 Å². The number of hydrogen-bond donors (Lipinski definition) is 1. The minimum absolute atomic E-state index is 0.0635. The molecule has 0 bridgehead atoms. The Bertz CT molecular complexity index is 170. The van der Waals surface area contributed by atoms with E-state index >= 15 is 0 Å². The van der Waals surface area contributed by atoms with Crippen LogP contribution in [0.1, 0.15) is 34.1 Å². The Kier molecular flexibility index (Phi) is 3.93. The Morgan fingerprint density at radius 1 is 1.50 bits per heavy atom. The summed E-state index contributed by atoms with van der Waals surface area (Å²) < 4.78 is 0. The number of carbonyl (C=O) groups is 2. The van der Waals surface area contributed by atoms with Crippen LogP contribution in [0.2, 0.25) is 0 Å². The van der Waals surface area contributed by atoms with E-state index in [0.717, 1.165) is 6.29 Å². The Hall–Kier alpha value is -0.860. The standard InChI is InChI=1S/C9H17NO2/c1-7(12)10-8(6-11)5-9(2,3)4/h6,8H,5H2,1-4H3,(H,10,12). The van der Waals surface area contributed by atoms with E-state index in [4.69, 9.17) is 0 Å². The van der Waals surface area contributed by atoms with Gasteiger partial charge in [-0.1, -0.05) is 20.8 Å². The van der Waals surface area contributed by atoms with E-state index < -0.39 is 0 Å². The molecule has 1 N–H and O–H groups in total. The number of aldehydes is 1. The van der Waals surface area contributed by atoms with Gasteiger partial charge >= 0.3 is 0 Å². The molecule has 1 atom stereocenters. The zero-order valence-corrected chi connectivity index (χ0v) is 8.18. The molecule has 3 nitrogen and oxygen atoms in total.